The van der Waals surface area contributed by atoms with Gasteiger partial charge in [0, 0.05) is 33.3 Å². The predicted octanol–water partition coefficient (Wildman–Crippen LogP) is 2.43. The second kappa shape index (κ2) is 7.45. The van der Waals surface area contributed by atoms with Gasteiger partial charge >= 0.3 is 0 Å². The second-order valence-electron chi connectivity index (χ2n) is 5.94. The summed E-state index contributed by atoms with van der Waals surface area (Å²) in [7, 11) is 1.70. The van der Waals surface area contributed by atoms with Crippen molar-refractivity contribution in [2.24, 2.45) is 0 Å². The average molecular weight is 313 g/mol. The summed E-state index contributed by atoms with van der Waals surface area (Å²) in [6.07, 6.45) is 1.56. The molecule has 2 rings (SSSR count). The maximum Gasteiger partial charge on any atom is 0.0653 e. The first-order chi connectivity index (χ1) is 10.0. The summed E-state index contributed by atoms with van der Waals surface area (Å²) in [5.74, 6) is 0. The normalized spacial score (nSPS) is 18.0. The Bertz CT molecular complexity index is 456. The van der Waals surface area contributed by atoms with E-state index in [-0.39, 0.29) is 0 Å². The van der Waals surface area contributed by atoms with E-state index in [2.05, 4.69) is 22.3 Å². The summed E-state index contributed by atoms with van der Waals surface area (Å²) in [5.41, 5.74) is 1.70. The van der Waals surface area contributed by atoms with E-state index in [0.717, 1.165) is 49.7 Å². The molecule has 4 nitrogen and oxygen atoms in total. The predicted molar refractivity (Wildman–Crippen MR) is 87.1 cm³/mol. The quantitative estimate of drug-likeness (QED) is 0.792. The standard InChI is InChI=1S/C16H25ClN2O2/c1-16(20)5-8-19(9-6-16)15-4-3-13(11-14(15)17)12-18-7-10-21-2/h3-4,11,18,20H,5-10,12H2,1-2H3. The monoisotopic (exact) mass is 312 g/mol. The first kappa shape index (κ1) is 16.6. The van der Waals surface area contributed by atoms with E-state index < -0.39 is 5.60 Å². The van der Waals surface area contributed by atoms with Gasteiger partial charge in [-0.15, -0.1) is 0 Å². The number of nitrogens with zero attached hydrogens (tertiary/aromatic N) is 1. The van der Waals surface area contributed by atoms with Crippen LogP contribution in [0.2, 0.25) is 5.02 Å². The van der Waals surface area contributed by atoms with Crippen LogP contribution >= 0.6 is 11.6 Å². The van der Waals surface area contributed by atoms with Crippen molar-refractivity contribution in [3.63, 3.8) is 0 Å². The maximum atomic E-state index is 10.0. The maximum absolute atomic E-state index is 10.0. The van der Waals surface area contributed by atoms with Gasteiger partial charge in [-0.1, -0.05) is 17.7 Å². The van der Waals surface area contributed by atoms with Crippen LogP contribution in [-0.2, 0) is 11.3 Å². The molecule has 1 aliphatic heterocycles. The summed E-state index contributed by atoms with van der Waals surface area (Å²) in [5, 5.41) is 14.1. The van der Waals surface area contributed by atoms with Crippen molar-refractivity contribution in [1.29, 1.82) is 0 Å². The lowest BCUT2D eigenvalue weighted by Crippen LogP contribution is -2.42. The number of aliphatic hydroxyl groups is 1. The fraction of sp³-hybridized carbons (Fsp3) is 0.625. The molecule has 1 aromatic rings. The van der Waals surface area contributed by atoms with Crippen LogP contribution in [0.4, 0.5) is 5.69 Å². The largest absolute Gasteiger partial charge is 0.390 e. The number of anilines is 1. The fourth-order valence-corrected chi connectivity index (χ4v) is 2.88. The molecule has 0 unspecified atom stereocenters. The van der Waals surface area contributed by atoms with Crippen molar-refractivity contribution in [2.75, 3.05) is 38.3 Å². The number of hydrogen-bond donors (Lipinski definition) is 2. The smallest absolute Gasteiger partial charge is 0.0653 e. The summed E-state index contributed by atoms with van der Waals surface area (Å²) in [6.45, 7) is 5.92. The number of hydrogen-bond acceptors (Lipinski definition) is 4. The van der Waals surface area contributed by atoms with Crippen LogP contribution in [0, 0.1) is 0 Å². The molecular weight excluding hydrogens is 288 g/mol. The van der Waals surface area contributed by atoms with Gasteiger partial charge in [-0.3, -0.25) is 0 Å². The molecule has 1 heterocycles. The molecule has 0 radical (unpaired) electrons. The highest BCUT2D eigenvalue weighted by atomic mass is 35.5. The molecule has 0 aromatic heterocycles. The highest BCUT2D eigenvalue weighted by molar-refractivity contribution is 6.33. The minimum atomic E-state index is -0.534. The summed E-state index contributed by atoms with van der Waals surface area (Å²) in [6, 6.07) is 6.20. The number of benzene rings is 1. The third-order valence-corrected chi connectivity index (χ3v) is 4.31. The van der Waals surface area contributed by atoms with Gasteiger partial charge in [-0.25, -0.2) is 0 Å². The number of nitrogens with one attached hydrogen (secondary N) is 1. The van der Waals surface area contributed by atoms with E-state index in [4.69, 9.17) is 16.3 Å². The zero-order valence-electron chi connectivity index (χ0n) is 12.9. The van der Waals surface area contributed by atoms with Crippen LogP contribution in [0.5, 0.6) is 0 Å². The molecule has 1 aliphatic rings. The summed E-state index contributed by atoms with van der Waals surface area (Å²) in [4.78, 5) is 2.25. The van der Waals surface area contributed by atoms with Crippen molar-refractivity contribution in [3.8, 4) is 0 Å². The van der Waals surface area contributed by atoms with Gasteiger partial charge in [0.25, 0.3) is 0 Å². The van der Waals surface area contributed by atoms with Gasteiger partial charge < -0.3 is 20.1 Å². The molecule has 5 heteroatoms. The van der Waals surface area contributed by atoms with E-state index in [0.29, 0.717) is 6.61 Å². The third kappa shape index (κ3) is 4.85. The Kier molecular flexibility index (Phi) is 5.88. The first-order valence-electron chi connectivity index (χ1n) is 7.47. The van der Waals surface area contributed by atoms with Crippen LogP contribution in [0.25, 0.3) is 0 Å². The highest BCUT2D eigenvalue weighted by Gasteiger charge is 2.28. The van der Waals surface area contributed by atoms with Crippen molar-refractivity contribution in [3.05, 3.63) is 28.8 Å². The Balaban J connectivity index is 1.93. The lowest BCUT2D eigenvalue weighted by atomic mass is 9.93. The van der Waals surface area contributed by atoms with Gasteiger partial charge in [-0.05, 0) is 37.5 Å². The van der Waals surface area contributed by atoms with Crippen LogP contribution in [0.15, 0.2) is 18.2 Å². The molecule has 0 aliphatic carbocycles. The van der Waals surface area contributed by atoms with Gasteiger partial charge in [0.2, 0.25) is 0 Å². The Hall–Kier alpha value is -0.810. The molecule has 21 heavy (non-hydrogen) atoms. The SMILES string of the molecule is COCCNCc1ccc(N2CCC(C)(O)CC2)c(Cl)c1. The number of halogens is 1. The van der Waals surface area contributed by atoms with Crippen molar-refractivity contribution >= 4 is 17.3 Å². The lowest BCUT2D eigenvalue weighted by Gasteiger charge is -2.37. The molecule has 2 N–H and O–H groups in total. The molecule has 0 atom stereocenters. The molecule has 1 fully saturated rings. The van der Waals surface area contributed by atoms with Gasteiger partial charge in [0.15, 0.2) is 0 Å². The van der Waals surface area contributed by atoms with Crippen LogP contribution in [0.1, 0.15) is 25.3 Å². The van der Waals surface area contributed by atoms with E-state index in [9.17, 15) is 5.11 Å². The Morgan fingerprint density at radius 1 is 1.38 bits per heavy atom. The van der Waals surface area contributed by atoms with E-state index >= 15 is 0 Å². The highest BCUT2D eigenvalue weighted by Crippen LogP contribution is 2.31. The molecule has 0 amide bonds. The van der Waals surface area contributed by atoms with Crippen LogP contribution < -0.4 is 10.2 Å². The van der Waals surface area contributed by atoms with Crippen LogP contribution in [0.3, 0.4) is 0 Å². The Morgan fingerprint density at radius 2 is 2.10 bits per heavy atom. The second-order valence-corrected chi connectivity index (χ2v) is 6.35. The van der Waals surface area contributed by atoms with Gasteiger partial charge in [0.05, 0.1) is 22.9 Å². The number of ether oxygens (including phenoxy) is 1. The first-order valence-corrected chi connectivity index (χ1v) is 7.85. The van der Waals surface area contributed by atoms with Crippen molar-refractivity contribution in [1.82, 2.24) is 5.32 Å². The summed E-state index contributed by atoms with van der Waals surface area (Å²) < 4.78 is 5.00. The van der Waals surface area contributed by atoms with E-state index in [1.165, 1.54) is 5.56 Å². The van der Waals surface area contributed by atoms with Gasteiger partial charge in [0.1, 0.15) is 0 Å². The van der Waals surface area contributed by atoms with Crippen LogP contribution in [-0.4, -0.2) is 44.1 Å². The Labute approximate surface area is 132 Å². The summed E-state index contributed by atoms with van der Waals surface area (Å²) >= 11 is 6.42. The lowest BCUT2D eigenvalue weighted by molar-refractivity contribution is 0.0351. The molecule has 0 spiro atoms. The minimum Gasteiger partial charge on any atom is -0.390 e. The van der Waals surface area contributed by atoms with E-state index in [1.807, 2.05) is 13.0 Å². The van der Waals surface area contributed by atoms with Crippen molar-refractivity contribution < 1.29 is 9.84 Å². The average Bonchev–Trinajstić information content (AvgIpc) is 2.44. The van der Waals surface area contributed by atoms with Gasteiger partial charge in [-0.2, -0.15) is 0 Å². The Morgan fingerprint density at radius 3 is 2.71 bits per heavy atom. The fourth-order valence-electron chi connectivity index (χ4n) is 2.55. The molecule has 1 saturated heterocycles. The number of methoxy groups -OCH3 is 1. The molecule has 1 aromatic carbocycles. The molecular formula is C16H25ClN2O2. The van der Waals surface area contributed by atoms with Crippen molar-refractivity contribution in [2.45, 2.75) is 31.9 Å². The molecule has 0 saturated carbocycles. The molecule has 0 bridgehead atoms. The third-order valence-electron chi connectivity index (χ3n) is 4.01. The zero-order valence-corrected chi connectivity index (χ0v) is 13.6. The number of rotatable bonds is 6. The van der Waals surface area contributed by atoms with E-state index in [1.54, 1.807) is 7.11 Å². The zero-order chi connectivity index (χ0) is 15.3. The number of piperidine rings is 1. The molecule has 118 valence electrons. The topological polar surface area (TPSA) is 44.7 Å². The minimum absolute atomic E-state index is 0.534.